The summed E-state index contributed by atoms with van der Waals surface area (Å²) in [6, 6.07) is 0. The van der Waals surface area contributed by atoms with Gasteiger partial charge in [0, 0.05) is 6.42 Å². The molecule has 0 aromatic heterocycles. The summed E-state index contributed by atoms with van der Waals surface area (Å²) in [5, 5.41) is 10.5. The van der Waals surface area contributed by atoms with Crippen LogP contribution in [0.5, 0.6) is 0 Å². The number of allylic oxidation sites excluding steroid dienone is 1. The van der Waals surface area contributed by atoms with Gasteiger partial charge in [-0.05, 0) is 49.2 Å². The molecule has 0 aliphatic carbocycles. The molecule has 148 valence electrons. The topological polar surface area (TPSA) is 38.7 Å². The van der Waals surface area contributed by atoms with Gasteiger partial charge in [-0.25, -0.2) is 0 Å². The van der Waals surface area contributed by atoms with Crippen LogP contribution in [0, 0.1) is 11.8 Å². The van der Waals surface area contributed by atoms with Crippen molar-refractivity contribution in [3.8, 4) is 0 Å². The average molecular weight is 371 g/mol. The highest BCUT2D eigenvalue weighted by molar-refractivity contribution is 6.74. The molecule has 0 amide bonds. The molecule has 1 fully saturated rings. The van der Waals surface area contributed by atoms with E-state index in [4.69, 9.17) is 9.16 Å². The minimum Gasteiger partial charge on any atom is -0.414 e. The van der Waals surface area contributed by atoms with Gasteiger partial charge < -0.3 is 14.3 Å². The molecule has 1 rings (SSSR count). The molecule has 0 spiro atoms. The molecule has 1 N–H and O–H groups in total. The Kier molecular flexibility index (Phi) is 8.86. The van der Waals surface area contributed by atoms with Gasteiger partial charge in [-0.3, -0.25) is 0 Å². The van der Waals surface area contributed by atoms with E-state index >= 15 is 0 Å². The Bertz CT molecular complexity index is 412. The number of rotatable bonds is 8. The maximum Gasteiger partial charge on any atom is 0.192 e. The summed E-state index contributed by atoms with van der Waals surface area (Å²) in [6.45, 7) is 18.7. The summed E-state index contributed by atoms with van der Waals surface area (Å²) in [6.07, 6.45) is 7.81. The van der Waals surface area contributed by atoms with E-state index in [0.717, 1.165) is 19.3 Å². The molecule has 4 heteroatoms. The quantitative estimate of drug-likeness (QED) is 0.450. The fourth-order valence-electron chi connectivity index (χ4n) is 2.82. The normalized spacial score (nSPS) is 27.2. The second-order valence-corrected chi connectivity index (χ2v) is 14.6. The smallest absolute Gasteiger partial charge is 0.192 e. The van der Waals surface area contributed by atoms with Gasteiger partial charge in [0.2, 0.25) is 0 Å². The molecule has 0 saturated carbocycles. The molecule has 1 aliphatic heterocycles. The Labute approximate surface area is 157 Å². The maximum absolute atomic E-state index is 10.2. The summed E-state index contributed by atoms with van der Waals surface area (Å²) in [4.78, 5) is 0. The largest absolute Gasteiger partial charge is 0.414 e. The van der Waals surface area contributed by atoms with Gasteiger partial charge in [-0.2, -0.15) is 0 Å². The highest BCUT2D eigenvalue weighted by Crippen LogP contribution is 2.37. The summed E-state index contributed by atoms with van der Waals surface area (Å²) < 4.78 is 12.7. The van der Waals surface area contributed by atoms with Crippen molar-refractivity contribution in [2.45, 2.75) is 104 Å². The molecule has 0 unspecified atom stereocenters. The minimum absolute atomic E-state index is 0.142. The predicted octanol–water partition coefficient (Wildman–Crippen LogP) is 5.55. The van der Waals surface area contributed by atoms with Gasteiger partial charge in [-0.15, -0.1) is 0 Å². The lowest BCUT2D eigenvalue weighted by Gasteiger charge is -2.40. The molecule has 1 heterocycles. The zero-order chi connectivity index (χ0) is 19.3. The van der Waals surface area contributed by atoms with Crippen LogP contribution in [-0.4, -0.2) is 38.3 Å². The summed E-state index contributed by atoms with van der Waals surface area (Å²) in [7, 11) is -1.74. The van der Waals surface area contributed by atoms with Crippen LogP contribution in [0.25, 0.3) is 0 Å². The third kappa shape index (κ3) is 7.94. The lowest BCUT2D eigenvalue weighted by Crippen LogP contribution is -2.46. The molecule has 4 atom stereocenters. The van der Waals surface area contributed by atoms with E-state index < -0.39 is 14.4 Å². The lowest BCUT2D eigenvalue weighted by atomic mass is 9.91. The highest BCUT2D eigenvalue weighted by atomic mass is 28.4. The predicted molar refractivity (Wildman–Crippen MR) is 109 cm³/mol. The van der Waals surface area contributed by atoms with Crippen LogP contribution >= 0.6 is 0 Å². The number of aliphatic hydroxyl groups is 1. The van der Waals surface area contributed by atoms with E-state index in [-0.39, 0.29) is 17.2 Å². The number of ether oxygens (including phenoxy) is 1. The molecule has 1 aliphatic rings. The van der Waals surface area contributed by atoms with E-state index in [1.165, 1.54) is 0 Å². The zero-order valence-electron chi connectivity index (χ0n) is 17.8. The van der Waals surface area contributed by atoms with Gasteiger partial charge in [-0.1, -0.05) is 53.7 Å². The van der Waals surface area contributed by atoms with Crippen LogP contribution in [0.4, 0.5) is 0 Å². The Balaban J connectivity index is 2.50. The third-order valence-electron chi connectivity index (χ3n) is 5.83. The van der Waals surface area contributed by atoms with Crippen molar-refractivity contribution in [2.75, 3.05) is 6.61 Å². The molecule has 0 aromatic rings. The van der Waals surface area contributed by atoms with Crippen LogP contribution in [-0.2, 0) is 9.16 Å². The first-order valence-corrected chi connectivity index (χ1v) is 13.0. The second kappa shape index (κ2) is 9.68. The van der Waals surface area contributed by atoms with E-state index in [9.17, 15) is 5.11 Å². The number of hydrogen-bond acceptors (Lipinski definition) is 3. The van der Waals surface area contributed by atoms with E-state index in [1.54, 1.807) is 0 Å². The van der Waals surface area contributed by atoms with Crippen LogP contribution in [0.1, 0.15) is 67.2 Å². The highest BCUT2D eigenvalue weighted by Gasteiger charge is 2.39. The number of hydrogen-bond donors (Lipinski definition) is 1. The molecule has 25 heavy (non-hydrogen) atoms. The first-order valence-electron chi connectivity index (χ1n) is 10.1. The minimum atomic E-state index is -1.74. The van der Waals surface area contributed by atoms with E-state index in [1.807, 2.05) is 6.08 Å². The third-order valence-corrected chi connectivity index (χ3v) is 10.3. The fraction of sp³-hybridized carbons (Fsp3) is 0.905. The molecule has 1 saturated heterocycles. The summed E-state index contributed by atoms with van der Waals surface area (Å²) >= 11 is 0. The fourth-order valence-corrected chi connectivity index (χ4v) is 3.84. The van der Waals surface area contributed by atoms with E-state index in [2.05, 4.69) is 60.7 Å². The second-order valence-electron chi connectivity index (χ2n) is 9.78. The van der Waals surface area contributed by atoms with Gasteiger partial charge in [0.15, 0.2) is 8.32 Å². The number of aliphatic hydroxyl groups excluding tert-OH is 1. The zero-order valence-corrected chi connectivity index (χ0v) is 18.8. The maximum atomic E-state index is 10.2. The summed E-state index contributed by atoms with van der Waals surface area (Å²) in [5.74, 6) is 1.15. The molecular formula is C21H42O3Si. The molecule has 0 aromatic carbocycles. The Hall–Kier alpha value is -0.163. The van der Waals surface area contributed by atoms with Crippen molar-refractivity contribution in [2.24, 2.45) is 11.8 Å². The SMILES string of the molecule is CC(C)C/C=C/[C@@H](O)C[C@@H]1CC[C@H](C)[C@@H](CO[Si](C)(C)C(C)(C)C)O1. The van der Waals surface area contributed by atoms with Crippen LogP contribution < -0.4 is 0 Å². The molecular weight excluding hydrogens is 328 g/mol. The molecule has 0 bridgehead atoms. The van der Waals surface area contributed by atoms with Crippen molar-refractivity contribution < 1.29 is 14.3 Å². The lowest BCUT2D eigenvalue weighted by molar-refractivity contribution is -0.106. The average Bonchev–Trinajstić information content (AvgIpc) is 2.46. The Morgan fingerprint density at radius 1 is 1.24 bits per heavy atom. The monoisotopic (exact) mass is 370 g/mol. The van der Waals surface area contributed by atoms with Gasteiger partial charge in [0.1, 0.15) is 0 Å². The summed E-state index contributed by atoms with van der Waals surface area (Å²) in [5.41, 5.74) is 0. The van der Waals surface area contributed by atoms with Crippen LogP contribution in [0.15, 0.2) is 12.2 Å². The van der Waals surface area contributed by atoms with Crippen LogP contribution in [0.3, 0.4) is 0 Å². The van der Waals surface area contributed by atoms with Crippen molar-refractivity contribution in [1.29, 1.82) is 0 Å². The van der Waals surface area contributed by atoms with E-state index in [0.29, 0.717) is 24.9 Å². The van der Waals surface area contributed by atoms with Gasteiger partial charge in [0.05, 0.1) is 24.9 Å². The van der Waals surface area contributed by atoms with Crippen molar-refractivity contribution in [3.05, 3.63) is 12.2 Å². The van der Waals surface area contributed by atoms with Crippen molar-refractivity contribution in [3.63, 3.8) is 0 Å². The van der Waals surface area contributed by atoms with Crippen molar-refractivity contribution in [1.82, 2.24) is 0 Å². The van der Waals surface area contributed by atoms with Gasteiger partial charge in [0.25, 0.3) is 0 Å². The first-order chi connectivity index (χ1) is 11.4. The Morgan fingerprint density at radius 2 is 1.88 bits per heavy atom. The van der Waals surface area contributed by atoms with Crippen LogP contribution in [0.2, 0.25) is 18.1 Å². The molecule has 0 radical (unpaired) electrons. The standard InChI is InChI=1S/C21H42O3Si/c1-16(2)10-9-11-18(22)14-19-13-12-17(3)20(24-19)15-23-25(7,8)21(4,5)6/h9,11,16-20,22H,10,12-15H2,1-8H3/b11-9+/t17-,18+,19-,20+/m0/s1. The molecule has 3 nitrogen and oxygen atoms in total. The van der Waals surface area contributed by atoms with Gasteiger partial charge >= 0.3 is 0 Å². The Morgan fingerprint density at radius 3 is 2.44 bits per heavy atom. The van der Waals surface area contributed by atoms with Crippen molar-refractivity contribution >= 4 is 8.32 Å². The first kappa shape index (κ1) is 22.9.